The molecule has 3 rings (SSSR count). The van der Waals surface area contributed by atoms with Crippen molar-refractivity contribution in [2.24, 2.45) is 5.10 Å². The first kappa shape index (κ1) is 10.8. The number of carbonyl (C=O) groups is 2. The van der Waals surface area contributed by atoms with Gasteiger partial charge in [-0.05, 0) is 11.4 Å². The Balaban J connectivity index is 2.00. The van der Waals surface area contributed by atoms with Crippen molar-refractivity contribution >= 4 is 40.6 Å². The molecule has 0 bridgehead atoms. The molecule has 7 heteroatoms. The Morgan fingerprint density at radius 2 is 2.35 bits per heavy atom. The van der Waals surface area contributed by atoms with Crippen LogP contribution in [0.15, 0.2) is 22.6 Å². The summed E-state index contributed by atoms with van der Waals surface area (Å²) in [4.78, 5) is 26.4. The molecule has 1 unspecified atom stereocenters. The molecule has 0 saturated carbocycles. The average molecular weight is 267 g/mol. The minimum Gasteiger partial charge on any atom is -0.315 e. The molecule has 2 amide bonds. The minimum atomic E-state index is -0.381. The van der Waals surface area contributed by atoms with Gasteiger partial charge in [0.2, 0.25) is 0 Å². The van der Waals surface area contributed by atoms with E-state index in [0.29, 0.717) is 17.3 Å². The topological polar surface area (TPSA) is 61.8 Å². The molecule has 3 heterocycles. The first-order valence-electron chi connectivity index (χ1n) is 5.07. The van der Waals surface area contributed by atoms with Gasteiger partial charge < -0.3 is 4.90 Å². The lowest BCUT2D eigenvalue weighted by Crippen LogP contribution is -2.44. The number of hydrazone groups is 1. The van der Waals surface area contributed by atoms with Crippen molar-refractivity contribution in [3.63, 3.8) is 0 Å². The summed E-state index contributed by atoms with van der Waals surface area (Å²) < 4.78 is 0. The summed E-state index contributed by atoms with van der Waals surface area (Å²) in [5.74, 6) is 0.835. The van der Waals surface area contributed by atoms with Gasteiger partial charge in [-0.25, -0.2) is 5.43 Å². The van der Waals surface area contributed by atoms with E-state index in [1.165, 1.54) is 11.3 Å². The number of thiophene rings is 1. The zero-order valence-corrected chi connectivity index (χ0v) is 10.4. The van der Waals surface area contributed by atoms with Gasteiger partial charge in [-0.1, -0.05) is 6.07 Å². The smallest absolute Gasteiger partial charge is 0.277 e. The van der Waals surface area contributed by atoms with Crippen molar-refractivity contribution in [1.82, 2.24) is 10.3 Å². The fourth-order valence-electron chi connectivity index (χ4n) is 1.80. The van der Waals surface area contributed by atoms with Gasteiger partial charge >= 0.3 is 0 Å². The molecule has 0 spiro atoms. The Hall–Kier alpha value is -1.34. The predicted octanol–water partition coefficient (Wildman–Crippen LogP) is 0.483. The third-order valence-corrected chi connectivity index (χ3v) is 4.57. The Morgan fingerprint density at radius 1 is 1.47 bits per heavy atom. The normalized spacial score (nSPS) is 24.1. The van der Waals surface area contributed by atoms with E-state index in [4.69, 9.17) is 0 Å². The number of rotatable bonds is 1. The molecule has 88 valence electrons. The molecule has 1 atom stereocenters. The Kier molecular flexibility index (Phi) is 2.64. The van der Waals surface area contributed by atoms with Crippen LogP contribution in [0.1, 0.15) is 4.88 Å². The van der Waals surface area contributed by atoms with Crippen molar-refractivity contribution < 1.29 is 9.59 Å². The second-order valence-corrected chi connectivity index (χ2v) is 5.65. The molecular formula is C10H9N3O2S2. The van der Waals surface area contributed by atoms with Crippen molar-refractivity contribution in [3.05, 3.63) is 22.4 Å². The lowest BCUT2D eigenvalue weighted by molar-refractivity contribution is -0.132. The van der Waals surface area contributed by atoms with Crippen LogP contribution in [0.4, 0.5) is 0 Å². The van der Waals surface area contributed by atoms with E-state index in [0.717, 1.165) is 4.88 Å². The van der Waals surface area contributed by atoms with E-state index < -0.39 is 0 Å². The largest absolute Gasteiger partial charge is 0.315 e. The monoisotopic (exact) mass is 267 g/mol. The molecule has 2 aliphatic heterocycles. The van der Waals surface area contributed by atoms with Crippen LogP contribution in [0.25, 0.3) is 0 Å². The van der Waals surface area contributed by atoms with Crippen LogP contribution in [-0.4, -0.2) is 40.1 Å². The SMILES string of the molecule is O=C1NN=C(c2cccs2)C(=O)N2CSCC12. The molecular weight excluding hydrogens is 258 g/mol. The molecule has 1 fully saturated rings. The maximum atomic E-state index is 12.3. The van der Waals surface area contributed by atoms with Gasteiger partial charge in [-0.15, -0.1) is 23.1 Å². The maximum Gasteiger partial charge on any atom is 0.277 e. The van der Waals surface area contributed by atoms with Gasteiger partial charge in [-0.2, -0.15) is 5.10 Å². The second kappa shape index (κ2) is 4.15. The number of hydrogen-bond donors (Lipinski definition) is 1. The van der Waals surface area contributed by atoms with Crippen molar-refractivity contribution in [2.75, 3.05) is 11.6 Å². The zero-order valence-electron chi connectivity index (χ0n) is 8.75. The number of carbonyl (C=O) groups excluding carboxylic acids is 2. The molecule has 1 aromatic heterocycles. The lowest BCUT2D eigenvalue weighted by Gasteiger charge is -2.18. The molecule has 1 N–H and O–H groups in total. The third-order valence-electron chi connectivity index (χ3n) is 2.68. The number of fused-ring (bicyclic) bond motifs is 1. The summed E-state index contributed by atoms with van der Waals surface area (Å²) >= 11 is 3.03. The van der Waals surface area contributed by atoms with E-state index in [1.54, 1.807) is 16.7 Å². The van der Waals surface area contributed by atoms with Gasteiger partial charge in [0, 0.05) is 5.75 Å². The first-order chi connectivity index (χ1) is 8.27. The average Bonchev–Trinajstić information content (AvgIpc) is 2.98. The molecule has 5 nitrogen and oxygen atoms in total. The van der Waals surface area contributed by atoms with Crippen LogP contribution in [0.5, 0.6) is 0 Å². The Bertz CT molecular complexity index is 498. The zero-order chi connectivity index (χ0) is 11.8. The highest BCUT2D eigenvalue weighted by Crippen LogP contribution is 2.24. The number of nitrogens with one attached hydrogen (secondary N) is 1. The van der Waals surface area contributed by atoms with Crippen LogP contribution < -0.4 is 5.43 Å². The van der Waals surface area contributed by atoms with Crippen molar-refractivity contribution in [2.45, 2.75) is 6.04 Å². The summed E-state index contributed by atoms with van der Waals surface area (Å²) in [5, 5.41) is 5.82. The minimum absolute atomic E-state index is 0.166. The number of nitrogens with zero attached hydrogens (tertiary/aromatic N) is 2. The molecule has 0 radical (unpaired) electrons. The summed E-state index contributed by atoms with van der Waals surface area (Å²) in [6.07, 6.45) is 0. The lowest BCUT2D eigenvalue weighted by atomic mass is 10.2. The number of thioether (sulfide) groups is 1. The highest BCUT2D eigenvalue weighted by Gasteiger charge is 2.39. The standard InChI is InChI=1S/C10H9N3O2S2/c14-9-6-4-16-5-13(6)10(15)8(11-12-9)7-2-1-3-17-7/h1-3,6H,4-5H2,(H,12,14). The van der Waals surface area contributed by atoms with Crippen molar-refractivity contribution in [1.29, 1.82) is 0 Å². The Morgan fingerprint density at radius 3 is 3.12 bits per heavy atom. The second-order valence-electron chi connectivity index (χ2n) is 3.70. The van der Waals surface area contributed by atoms with Gasteiger partial charge in [-0.3, -0.25) is 9.59 Å². The van der Waals surface area contributed by atoms with Crippen LogP contribution in [0.3, 0.4) is 0 Å². The highest BCUT2D eigenvalue weighted by atomic mass is 32.2. The third kappa shape index (κ3) is 1.75. The highest BCUT2D eigenvalue weighted by molar-refractivity contribution is 7.99. The number of amides is 2. The van der Waals surface area contributed by atoms with Gasteiger partial charge in [0.1, 0.15) is 6.04 Å². The van der Waals surface area contributed by atoms with E-state index in [-0.39, 0.29) is 17.9 Å². The maximum absolute atomic E-state index is 12.3. The van der Waals surface area contributed by atoms with E-state index >= 15 is 0 Å². The van der Waals surface area contributed by atoms with Gasteiger partial charge in [0.15, 0.2) is 5.71 Å². The molecule has 1 saturated heterocycles. The van der Waals surface area contributed by atoms with Gasteiger partial charge in [0.05, 0.1) is 10.8 Å². The summed E-state index contributed by atoms with van der Waals surface area (Å²) in [6.45, 7) is 0. The molecule has 17 heavy (non-hydrogen) atoms. The van der Waals surface area contributed by atoms with Gasteiger partial charge in [0.25, 0.3) is 11.8 Å². The van der Waals surface area contributed by atoms with E-state index in [9.17, 15) is 9.59 Å². The van der Waals surface area contributed by atoms with E-state index in [2.05, 4.69) is 10.5 Å². The van der Waals surface area contributed by atoms with Crippen LogP contribution in [0, 0.1) is 0 Å². The molecule has 0 aliphatic carbocycles. The Labute approximate surface area is 106 Å². The van der Waals surface area contributed by atoms with E-state index in [1.807, 2.05) is 17.5 Å². The summed E-state index contributed by atoms with van der Waals surface area (Å²) in [6, 6.07) is 3.31. The van der Waals surface area contributed by atoms with Crippen LogP contribution >= 0.6 is 23.1 Å². The molecule has 2 aliphatic rings. The first-order valence-corrected chi connectivity index (χ1v) is 7.11. The van der Waals surface area contributed by atoms with Crippen LogP contribution in [-0.2, 0) is 9.59 Å². The number of hydrogen-bond acceptors (Lipinski definition) is 5. The van der Waals surface area contributed by atoms with Crippen LogP contribution in [0.2, 0.25) is 0 Å². The summed E-state index contributed by atoms with van der Waals surface area (Å²) in [7, 11) is 0. The fraction of sp³-hybridized carbons (Fsp3) is 0.300. The summed E-state index contributed by atoms with van der Waals surface area (Å²) in [5.41, 5.74) is 2.80. The van der Waals surface area contributed by atoms with Crippen molar-refractivity contribution in [3.8, 4) is 0 Å². The molecule has 0 aromatic carbocycles. The molecule has 1 aromatic rings. The predicted molar refractivity (Wildman–Crippen MR) is 67.0 cm³/mol. The quantitative estimate of drug-likeness (QED) is 0.805. The fourth-order valence-corrected chi connectivity index (χ4v) is 3.66.